The second-order valence-corrected chi connectivity index (χ2v) is 6.84. The lowest BCUT2D eigenvalue weighted by Gasteiger charge is -2.07. The van der Waals surface area contributed by atoms with E-state index in [-0.39, 0.29) is 23.0 Å². The standard InChI is InChI=1S/C13H13ClN4O3S/c1-2-22(20,21)13-17-8-10(14)11(18-13)12(19)16-7-9-5-3-4-6-15-9/h3-6,8H,2,7H2,1H3,(H,16,19). The molecule has 0 bridgehead atoms. The Kier molecular flexibility index (Phi) is 5.04. The van der Waals surface area contributed by atoms with E-state index in [1.54, 1.807) is 24.4 Å². The molecular formula is C13H13ClN4O3S. The molecule has 2 heterocycles. The van der Waals surface area contributed by atoms with Crippen LogP contribution in [0.5, 0.6) is 0 Å². The Bertz CT molecular complexity index is 781. The molecule has 0 saturated heterocycles. The van der Waals surface area contributed by atoms with Crippen molar-refractivity contribution in [3.63, 3.8) is 0 Å². The lowest BCUT2D eigenvalue weighted by atomic mass is 10.3. The Labute approximate surface area is 132 Å². The van der Waals surface area contributed by atoms with E-state index in [0.29, 0.717) is 5.69 Å². The molecule has 2 aromatic heterocycles. The number of pyridine rings is 1. The van der Waals surface area contributed by atoms with Crippen molar-refractivity contribution in [3.8, 4) is 0 Å². The molecule has 9 heteroatoms. The number of nitrogens with zero attached hydrogens (tertiary/aromatic N) is 3. The summed E-state index contributed by atoms with van der Waals surface area (Å²) in [6.07, 6.45) is 2.71. The van der Waals surface area contributed by atoms with Crippen LogP contribution in [-0.2, 0) is 16.4 Å². The molecule has 1 N–H and O–H groups in total. The van der Waals surface area contributed by atoms with Crippen LogP contribution in [0.1, 0.15) is 23.1 Å². The van der Waals surface area contributed by atoms with Gasteiger partial charge in [0.05, 0.1) is 29.2 Å². The summed E-state index contributed by atoms with van der Waals surface area (Å²) in [7, 11) is -3.61. The second-order valence-electron chi connectivity index (χ2n) is 4.26. The summed E-state index contributed by atoms with van der Waals surface area (Å²) >= 11 is 5.87. The third-order valence-corrected chi connectivity index (χ3v) is 4.54. The van der Waals surface area contributed by atoms with Gasteiger partial charge in [0, 0.05) is 6.20 Å². The maximum absolute atomic E-state index is 12.1. The number of aromatic nitrogens is 3. The first-order chi connectivity index (χ1) is 10.4. The normalized spacial score (nSPS) is 11.2. The van der Waals surface area contributed by atoms with Crippen molar-refractivity contribution in [2.24, 2.45) is 0 Å². The van der Waals surface area contributed by atoms with Gasteiger partial charge < -0.3 is 5.32 Å². The van der Waals surface area contributed by atoms with Crippen LogP contribution in [0.3, 0.4) is 0 Å². The van der Waals surface area contributed by atoms with Crippen molar-refractivity contribution < 1.29 is 13.2 Å². The van der Waals surface area contributed by atoms with Gasteiger partial charge in [0.2, 0.25) is 15.0 Å². The van der Waals surface area contributed by atoms with Crippen LogP contribution in [0.15, 0.2) is 35.7 Å². The molecular weight excluding hydrogens is 328 g/mol. The number of hydrogen-bond donors (Lipinski definition) is 1. The zero-order chi connectivity index (χ0) is 16.2. The molecule has 116 valence electrons. The minimum absolute atomic E-state index is 0.0198. The van der Waals surface area contributed by atoms with Crippen molar-refractivity contribution in [2.45, 2.75) is 18.6 Å². The Hall–Kier alpha value is -2.06. The summed E-state index contributed by atoms with van der Waals surface area (Å²) in [6.45, 7) is 1.64. The van der Waals surface area contributed by atoms with Gasteiger partial charge in [-0.1, -0.05) is 24.6 Å². The van der Waals surface area contributed by atoms with Gasteiger partial charge in [-0.15, -0.1) is 0 Å². The molecule has 0 atom stereocenters. The smallest absolute Gasteiger partial charge is 0.271 e. The number of amides is 1. The van der Waals surface area contributed by atoms with Gasteiger partial charge in [0.25, 0.3) is 5.91 Å². The van der Waals surface area contributed by atoms with E-state index >= 15 is 0 Å². The number of sulfone groups is 1. The fraction of sp³-hybridized carbons (Fsp3) is 0.231. The van der Waals surface area contributed by atoms with Crippen LogP contribution >= 0.6 is 11.6 Å². The Morgan fingerprint density at radius 2 is 2.09 bits per heavy atom. The molecule has 0 aliphatic heterocycles. The van der Waals surface area contributed by atoms with E-state index in [9.17, 15) is 13.2 Å². The Morgan fingerprint density at radius 1 is 1.32 bits per heavy atom. The predicted octanol–water partition coefficient (Wildman–Crippen LogP) is 1.25. The maximum atomic E-state index is 12.1. The SMILES string of the molecule is CCS(=O)(=O)c1ncc(Cl)c(C(=O)NCc2ccccn2)n1. The highest BCUT2D eigenvalue weighted by molar-refractivity contribution is 7.91. The first-order valence-corrected chi connectivity index (χ1v) is 8.40. The number of carbonyl (C=O) groups excluding carboxylic acids is 1. The van der Waals surface area contributed by atoms with E-state index in [2.05, 4.69) is 20.3 Å². The molecule has 0 radical (unpaired) electrons. The molecule has 1 amide bonds. The van der Waals surface area contributed by atoms with Crippen molar-refractivity contribution in [2.75, 3.05) is 5.75 Å². The molecule has 7 nitrogen and oxygen atoms in total. The van der Waals surface area contributed by atoms with Crippen LogP contribution in [-0.4, -0.2) is 35.0 Å². The average Bonchev–Trinajstić information content (AvgIpc) is 2.53. The van der Waals surface area contributed by atoms with E-state index in [1.807, 2.05) is 0 Å². The largest absolute Gasteiger partial charge is 0.345 e. The summed E-state index contributed by atoms with van der Waals surface area (Å²) in [4.78, 5) is 23.6. The zero-order valence-corrected chi connectivity index (χ0v) is 13.2. The number of rotatable bonds is 5. The summed E-state index contributed by atoms with van der Waals surface area (Å²) in [6, 6.07) is 5.29. The van der Waals surface area contributed by atoms with E-state index in [0.717, 1.165) is 6.20 Å². The highest BCUT2D eigenvalue weighted by atomic mass is 35.5. The zero-order valence-electron chi connectivity index (χ0n) is 11.7. The molecule has 2 aromatic rings. The molecule has 0 aliphatic rings. The first-order valence-electron chi connectivity index (χ1n) is 6.37. The Morgan fingerprint density at radius 3 is 2.73 bits per heavy atom. The molecule has 0 spiro atoms. The van der Waals surface area contributed by atoms with Crippen molar-refractivity contribution in [1.29, 1.82) is 0 Å². The van der Waals surface area contributed by atoms with Gasteiger partial charge >= 0.3 is 0 Å². The van der Waals surface area contributed by atoms with Gasteiger partial charge in [-0.05, 0) is 12.1 Å². The molecule has 2 rings (SSSR count). The second kappa shape index (κ2) is 6.80. The average molecular weight is 341 g/mol. The molecule has 22 heavy (non-hydrogen) atoms. The third kappa shape index (κ3) is 3.77. The van der Waals surface area contributed by atoms with Gasteiger partial charge in [-0.2, -0.15) is 0 Å². The fourth-order valence-electron chi connectivity index (χ4n) is 1.55. The first kappa shape index (κ1) is 16.3. The van der Waals surface area contributed by atoms with Crippen molar-refractivity contribution >= 4 is 27.3 Å². The quantitative estimate of drug-likeness (QED) is 0.822. The summed E-state index contributed by atoms with van der Waals surface area (Å²) in [5, 5.41) is 2.15. The van der Waals surface area contributed by atoms with Crippen LogP contribution in [0.2, 0.25) is 5.02 Å². The minimum Gasteiger partial charge on any atom is -0.345 e. The predicted molar refractivity (Wildman–Crippen MR) is 80.2 cm³/mol. The number of hydrogen-bond acceptors (Lipinski definition) is 6. The van der Waals surface area contributed by atoms with Crippen LogP contribution in [0.25, 0.3) is 0 Å². The molecule has 0 aliphatic carbocycles. The summed E-state index contributed by atoms with van der Waals surface area (Å²) in [5.74, 6) is -0.755. The number of carbonyl (C=O) groups is 1. The van der Waals surface area contributed by atoms with Gasteiger partial charge in [0.15, 0.2) is 5.69 Å². The summed E-state index contributed by atoms with van der Waals surface area (Å²) < 4.78 is 23.5. The van der Waals surface area contributed by atoms with E-state index in [1.165, 1.54) is 6.92 Å². The minimum atomic E-state index is -3.61. The van der Waals surface area contributed by atoms with Gasteiger partial charge in [-0.3, -0.25) is 9.78 Å². The lowest BCUT2D eigenvalue weighted by molar-refractivity contribution is 0.0944. The van der Waals surface area contributed by atoms with Gasteiger partial charge in [0.1, 0.15) is 0 Å². The lowest BCUT2D eigenvalue weighted by Crippen LogP contribution is -2.25. The topological polar surface area (TPSA) is 102 Å². The van der Waals surface area contributed by atoms with E-state index in [4.69, 9.17) is 11.6 Å². The van der Waals surface area contributed by atoms with Crippen molar-refractivity contribution in [3.05, 3.63) is 47.0 Å². The number of nitrogens with one attached hydrogen (secondary N) is 1. The molecule has 0 saturated carbocycles. The highest BCUT2D eigenvalue weighted by Gasteiger charge is 2.20. The highest BCUT2D eigenvalue weighted by Crippen LogP contribution is 2.15. The third-order valence-electron chi connectivity index (χ3n) is 2.75. The summed E-state index contributed by atoms with van der Waals surface area (Å²) in [5.41, 5.74) is 0.474. The molecule has 0 fully saturated rings. The maximum Gasteiger partial charge on any atom is 0.271 e. The number of halogens is 1. The van der Waals surface area contributed by atoms with Crippen LogP contribution in [0.4, 0.5) is 0 Å². The fourth-order valence-corrected chi connectivity index (χ4v) is 2.43. The molecule has 0 unspecified atom stereocenters. The van der Waals surface area contributed by atoms with E-state index < -0.39 is 20.9 Å². The van der Waals surface area contributed by atoms with Gasteiger partial charge in [-0.25, -0.2) is 18.4 Å². The van der Waals surface area contributed by atoms with Crippen LogP contribution in [0, 0.1) is 0 Å². The Balaban J connectivity index is 2.20. The monoisotopic (exact) mass is 340 g/mol. The van der Waals surface area contributed by atoms with Crippen LogP contribution < -0.4 is 5.32 Å². The van der Waals surface area contributed by atoms with Crippen molar-refractivity contribution in [1.82, 2.24) is 20.3 Å². The molecule has 0 aromatic carbocycles.